The molecule has 312 valence electrons. The van der Waals surface area contributed by atoms with Gasteiger partial charge in [0.25, 0.3) is 0 Å². The fraction of sp³-hybridized carbons (Fsp3) is 0.250. The average Bonchev–Trinajstić information content (AvgIpc) is 3.64. The van der Waals surface area contributed by atoms with E-state index in [0.29, 0.717) is 33.8 Å². The van der Waals surface area contributed by atoms with Crippen LogP contribution in [0.4, 0.5) is 0 Å². The predicted octanol–water partition coefficient (Wildman–Crippen LogP) is 14.8. The first-order valence-electron chi connectivity index (χ1n) is 23.5. The van der Waals surface area contributed by atoms with E-state index in [4.69, 9.17) is 18.2 Å². The molecule has 1 N–H and O–H groups in total. The Labute approximate surface area is 385 Å². The predicted molar refractivity (Wildman–Crippen MR) is 252 cm³/mol. The molecular formula is C56H56N3OPt-. The zero-order chi connectivity index (χ0) is 47.7. The van der Waals surface area contributed by atoms with Gasteiger partial charge in [-0.3, -0.25) is 9.55 Å². The monoisotopic (exact) mass is 987 g/mol. The van der Waals surface area contributed by atoms with Crippen LogP contribution in [0.3, 0.4) is 0 Å². The number of fused-ring (bicyclic) bond motifs is 1. The summed E-state index contributed by atoms with van der Waals surface area (Å²) in [5, 5.41) is 12.4. The number of imidazole rings is 1. The molecule has 0 aliphatic heterocycles. The molecule has 61 heavy (non-hydrogen) atoms. The number of aromatic nitrogens is 3. The first-order valence-corrected chi connectivity index (χ1v) is 20.5. The molecule has 0 atom stereocenters. The van der Waals surface area contributed by atoms with Crippen LogP contribution >= 0.6 is 0 Å². The van der Waals surface area contributed by atoms with Crippen molar-refractivity contribution in [2.24, 2.45) is 0 Å². The molecule has 0 amide bonds. The molecule has 0 aliphatic rings. The van der Waals surface area contributed by atoms with E-state index in [9.17, 15) is 5.11 Å². The molecule has 0 unspecified atom stereocenters. The maximum absolute atomic E-state index is 12.4. The van der Waals surface area contributed by atoms with Crippen molar-refractivity contribution >= 4 is 11.0 Å². The molecule has 0 radical (unpaired) electrons. The standard InChI is InChI=1S/C56H56N3O.Pt/c1-35-20-22-37(23-21-35)39-26-27-57-49(32-39)41-29-40(30-42(31-41)54(3,4)5)46-18-15-19-50-51(46)58-53(47-33-43(55(6,7)8)34-48(52(47)60)56(9,10)11)59(50)44-24-25-45(36(2)28-44)38-16-13-12-14-17-38;/h12-28,30-34,60H,1-11H3;/q-1;/i1D3,2D3;. The number of hydrogen-bond donors (Lipinski definition) is 1. The molecule has 0 spiro atoms. The van der Waals surface area contributed by atoms with Crippen LogP contribution in [0, 0.1) is 19.8 Å². The fourth-order valence-electron chi connectivity index (χ4n) is 7.82. The smallest absolute Gasteiger partial charge is 0.148 e. The van der Waals surface area contributed by atoms with Crippen LogP contribution in [0.5, 0.6) is 5.75 Å². The maximum atomic E-state index is 12.4. The van der Waals surface area contributed by atoms with E-state index in [-0.39, 0.29) is 48.8 Å². The molecule has 8 aromatic rings. The first-order chi connectivity index (χ1) is 30.8. The second-order valence-electron chi connectivity index (χ2n) is 18.9. The Morgan fingerprint density at radius 3 is 1.97 bits per heavy atom. The normalized spacial score (nSPS) is 14.0. The summed E-state index contributed by atoms with van der Waals surface area (Å²) < 4.78 is 51.7. The van der Waals surface area contributed by atoms with Gasteiger partial charge < -0.3 is 5.11 Å². The number of benzene rings is 6. The summed E-state index contributed by atoms with van der Waals surface area (Å²) in [5.41, 5.74) is 11.1. The van der Waals surface area contributed by atoms with Crippen molar-refractivity contribution in [1.82, 2.24) is 14.5 Å². The summed E-state index contributed by atoms with van der Waals surface area (Å²) in [6.45, 7) is 14.6. The Morgan fingerprint density at radius 1 is 0.590 bits per heavy atom. The molecule has 0 saturated carbocycles. The van der Waals surface area contributed by atoms with Gasteiger partial charge in [0.1, 0.15) is 11.6 Å². The zero-order valence-corrected chi connectivity index (χ0v) is 38.6. The van der Waals surface area contributed by atoms with Crippen LogP contribution in [0.15, 0.2) is 134 Å². The summed E-state index contributed by atoms with van der Waals surface area (Å²) in [7, 11) is 0. The molecule has 0 aliphatic carbocycles. The topological polar surface area (TPSA) is 50.9 Å². The van der Waals surface area contributed by atoms with E-state index in [1.165, 1.54) is 0 Å². The third kappa shape index (κ3) is 8.66. The Hall–Kier alpha value is -5.57. The van der Waals surface area contributed by atoms with Crippen LogP contribution in [-0.2, 0) is 37.3 Å². The minimum atomic E-state index is -2.44. The van der Waals surface area contributed by atoms with Gasteiger partial charge in [-0.2, -0.15) is 0 Å². The Bertz CT molecular complexity index is 3110. The quantitative estimate of drug-likeness (QED) is 0.169. The van der Waals surface area contributed by atoms with Gasteiger partial charge in [-0.05, 0) is 93.7 Å². The van der Waals surface area contributed by atoms with E-state index in [0.717, 1.165) is 55.6 Å². The number of phenolic OH excluding ortho intramolecular Hbond substituents is 1. The summed E-state index contributed by atoms with van der Waals surface area (Å²) in [5.74, 6) is 0.592. The number of phenols is 1. The van der Waals surface area contributed by atoms with E-state index in [2.05, 4.69) is 86.6 Å². The molecule has 0 saturated heterocycles. The van der Waals surface area contributed by atoms with Crippen LogP contribution < -0.4 is 0 Å². The van der Waals surface area contributed by atoms with Crippen molar-refractivity contribution in [3.8, 4) is 67.5 Å². The summed E-state index contributed by atoms with van der Waals surface area (Å²) in [6, 6.07) is 44.0. The Balaban J connectivity index is 0.00000666. The first kappa shape index (κ1) is 36.1. The van der Waals surface area contributed by atoms with E-state index in [1.54, 1.807) is 24.4 Å². The van der Waals surface area contributed by atoms with Crippen molar-refractivity contribution in [3.63, 3.8) is 0 Å². The molecule has 5 heteroatoms. The van der Waals surface area contributed by atoms with Gasteiger partial charge in [-0.15, -0.1) is 29.3 Å². The van der Waals surface area contributed by atoms with Crippen LogP contribution in [0.2, 0.25) is 0 Å². The van der Waals surface area contributed by atoms with E-state index in [1.807, 2.05) is 95.6 Å². The van der Waals surface area contributed by atoms with Gasteiger partial charge in [0, 0.05) is 52.4 Å². The molecule has 8 rings (SSSR count). The number of hydrogen-bond acceptors (Lipinski definition) is 3. The number of rotatable bonds is 6. The van der Waals surface area contributed by atoms with Crippen molar-refractivity contribution in [2.75, 3.05) is 0 Å². The SMILES string of the molecule is [2H]C([2H])([2H])c1ccc(-c2ccnc(-c3[c-]c(-c4cccc5c4nc(-c4cc(C(C)(C)C)cc(C(C)(C)C)c4O)n5-c4ccc(-c5ccccc5)c(C([2H])([2H])[2H])c4)cc(C(C)(C)C)c3)c2)cc1.[Pt]. The maximum Gasteiger partial charge on any atom is 0.148 e. The Kier molecular flexibility index (Phi) is 9.69. The van der Waals surface area contributed by atoms with Gasteiger partial charge >= 0.3 is 0 Å². The minimum absolute atomic E-state index is 0. The van der Waals surface area contributed by atoms with E-state index >= 15 is 0 Å². The van der Waals surface area contributed by atoms with Crippen molar-refractivity contribution in [2.45, 2.75) is 92.3 Å². The number of aromatic hydroxyl groups is 1. The van der Waals surface area contributed by atoms with Crippen molar-refractivity contribution in [3.05, 3.63) is 167 Å². The van der Waals surface area contributed by atoms with Gasteiger partial charge in [0.05, 0.1) is 16.6 Å². The zero-order valence-electron chi connectivity index (χ0n) is 42.3. The summed E-state index contributed by atoms with van der Waals surface area (Å²) in [6.07, 6.45) is 1.76. The number of nitrogens with zero attached hydrogens (tertiary/aromatic N) is 3. The third-order valence-corrected chi connectivity index (χ3v) is 11.3. The number of para-hydroxylation sites is 1. The second-order valence-corrected chi connectivity index (χ2v) is 18.9. The molecular weight excluding hydrogens is 926 g/mol. The molecule has 2 aromatic heterocycles. The summed E-state index contributed by atoms with van der Waals surface area (Å²) in [4.78, 5) is 10.3. The van der Waals surface area contributed by atoms with Crippen molar-refractivity contribution < 1.29 is 34.4 Å². The fourth-order valence-corrected chi connectivity index (χ4v) is 7.82. The van der Waals surface area contributed by atoms with E-state index < -0.39 is 19.1 Å². The molecule has 6 aromatic carbocycles. The van der Waals surface area contributed by atoms with Gasteiger partial charge in [-0.1, -0.05) is 164 Å². The number of pyridine rings is 1. The summed E-state index contributed by atoms with van der Waals surface area (Å²) >= 11 is 0. The largest absolute Gasteiger partial charge is 0.507 e. The molecule has 4 nitrogen and oxygen atoms in total. The van der Waals surface area contributed by atoms with Gasteiger partial charge in [0.2, 0.25) is 0 Å². The molecule has 0 bridgehead atoms. The van der Waals surface area contributed by atoms with Gasteiger partial charge in [0.15, 0.2) is 0 Å². The van der Waals surface area contributed by atoms with Crippen LogP contribution in [-0.4, -0.2) is 19.6 Å². The number of aryl methyl sites for hydroxylation is 2. The third-order valence-electron chi connectivity index (χ3n) is 11.3. The minimum Gasteiger partial charge on any atom is -0.507 e. The van der Waals surface area contributed by atoms with Gasteiger partial charge in [-0.25, -0.2) is 4.98 Å². The average molecular weight is 988 g/mol. The van der Waals surface area contributed by atoms with Crippen molar-refractivity contribution in [1.29, 1.82) is 0 Å². The Morgan fingerprint density at radius 2 is 1.30 bits per heavy atom. The second kappa shape index (κ2) is 16.4. The van der Waals surface area contributed by atoms with Crippen LogP contribution in [0.1, 0.15) is 98.4 Å². The van der Waals surface area contributed by atoms with Crippen LogP contribution in [0.25, 0.3) is 72.7 Å². The molecule has 0 fully saturated rings. The molecule has 2 heterocycles.